The zero-order valence-corrected chi connectivity index (χ0v) is 48.4. The Hall–Kier alpha value is -5.68. The molecule has 4 saturated carbocycles. The van der Waals surface area contributed by atoms with Gasteiger partial charge < -0.3 is 42.6 Å². The van der Waals surface area contributed by atoms with Crippen LogP contribution >= 0.6 is 23.5 Å². The van der Waals surface area contributed by atoms with Crippen LogP contribution in [0.2, 0.25) is 0 Å². The Morgan fingerprint density at radius 2 is 0.864 bits per heavy atom. The second kappa shape index (κ2) is 32.8. The minimum absolute atomic E-state index is 0.0572. The van der Waals surface area contributed by atoms with Crippen LogP contribution in [0.3, 0.4) is 0 Å². The van der Waals surface area contributed by atoms with Crippen molar-refractivity contribution in [3.05, 3.63) is 70.9 Å². The highest BCUT2D eigenvalue weighted by molar-refractivity contribution is 8.24. The summed E-state index contributed by atoms with van der Waals surface area (Å²) < 4.78 is 52.5. The van der Waals surface area contributed by atoms with Crippen molar-refractivity contribution in [3.63, 3.8) is 0 Å². The van der Waals surface area contributed by atoms with Gasteiger partial charge in [-0.1, -0.05) is 73.8 Å². The number of ether oxygens (including phenoxy) is 9. The maximum absolute atomic E-state index is 14.2. The lowest BCUT2D eigenvalue weighted by atomic mass is 9.82. The maximum atomic E-state index is 14.2. The largest absolute Gasteiger partial charge is 0.471 e. The SMILES string of the molecule is [C-]#[N+]C(C(=O)OCC)=C1Sc2c(c(OC(=O)C3CCC(C(=O)OC4CCC(OCCCCCCOC(=O)C=C)CC4)CC3)c3ccccc3c2OC(=O)C2CCC(C(=O)OC3CCC(OCCCCCCOC(=O)C=C)CC3)CC2)S1. The summed E-state index contributed by atoms with van der Waals surface area (Å²) in [5, 5.41) is 1.01. The molecule has 2 aromatic carbocycles. The van der Waals surface area contributed by atoms with Gasteiger partial charge in [-0.15, -0.1) is 0 Å². The number of rotatable bonds is 28. The molecular weight excluding hydrogens is 1080 g/mol. The lowest BCUT2D eigenvalue weighted by Gasteiger charge is -2.31. The van der Waals surface area contributed by atoms with Gasteiger partial charge in [-0.2, -0.15) is 0 Å². The number of hydrogen-bond acceptors (Lipinski definition) is 18. The van der Waals surface area contributed by atoms with Crippen LogP contribution in [0.1, 0.15) is 161 Å². The van der Waals surface area contributed by atoms with Gasteiger partial charge in [0.1, 0.15) is 12.2 Å². The molecule has 4 aliphatic carbocycles. The van der Waals surface area contributed by atoms with E-state index in [0.717, 1.165) is 126 Å². The molecule has 0 N–H and O–H groups in total. The lowest BCUT2D eigenvalue weighted by molar-refractivity contribution is -0.160. The van der Waals surface area contributed by atoms with E-state index in [9.17, 15) is 33.6 Å². The van der Waals surface area contributed by atoms with Crippen LogP contribution in [0.4, 0.5) is 0 Å². The molecule has 5 aliphatic rings. The number of benzene rings is 2. The Labute approximate surface area is 484 Å². The number of fused-ring (bicyclic) bond motifs is 2. The second-order valence-corrected chi connectivity index (χ2v) is 23.8. The standard InChI is InChI=1S/C62H79NO16S2/c1-5-50(64)74-38-16-10-8-14-36-72-44-28-32-46(33-29-44)76-57(66)40-20-24-42(25-21-40)59(68)78-53-48-18-12-13-19-49(48)54(56-55(53)80-62(81-56)52(63-4)61(70)71-7-3)79-60(69)43-26-22-41(23-27-43)58(67)77-47-34-30-45(31-35-47)73-37-15-9-11-17-39-75-51(65)6-2/h5-6,12-13,18-19,40-47H,1-2,7-11,14-17,20-39H2,3H3. The highest BCUT2D eigenvalue weighted by atomic mass is 32.2. The maximum Gasteiger partial charge on any atom is 0.338 e. The number of carbonyl (C=O) groups is 7. The van der Waals surface area contributed by atoms with Gasteiger partial charge in [-0.3, -0.25) is 24.0 Å². The summed E-state index contributed by atoms with van der Waals surface area (Å²) in [6.45, 7) is 18.6. The van der Waals surface area contributed by atoms with Gasteiger partial charge >= 0.3 is 41.8 Å². The van der Waals surface area contributed by atoms with E-state index in [2.05, 4.69) is 18.0 Å². The minimum atomic E-state index is -0.797. The number of unbranched alkanes of at least 4 members (excludes halogenated alkanes) is 6. The van der Waals surface area contributed by atoms with Crippen molar-refractivity contribution in [2.45, 2.75) is 195 Å². The fraction of sp³-hybridized carbons (Fsp3) is 0.613. The third kappa shape index (κ3) is 18.7. The van der Waals surface area contributed by atoms with Gasteiger partial charge in [0, 0.05) is 36.1 Å². The molecule has 0 unspecified atom stereocenters. The molecule has 19 heteroatoms. The van der Waals surface area contributed by atoms with Crippen molar-refractivity contribution in [3.8, 4) is 11.5 Å². The van der Waals surface area contributed by atoms with Gasteiger partial charge in [0.2, 0.25) is 0 Å². The van der Waals surface area contributed by atoms with Gasteiger partial charge in [0.15, 0.2) is 11.5 Å². The molecule has 0 aromatic heterocycles. The fourth-order valence-electron chi connectivity index (χ4n) is 11.1. The molecule has 0 bridgehead atoms. The first kappa shape index (κ1) is 62.9. The molecule has 1 aliphatic heterocycles. The monoisotopic (exact) mass is 1160 g/mol. The van der Waals surface area contributed by atoms with E-state index >= 15 is 0 Å². The molecule has 0 amide bonds. The van der Waals surface area contributed by atoms with E-state index in [0.29, 0.717) is 103 Å². The summed E-state index contributed by atoms with van der Waals surface area (Å²) >= 11 is 2.18. The zero-order chi connectivity index (χ0) is 57.5. The highest BCUT2D eigenvalue weighted by Crippen LogP contribution is 2.62. The summed E-state index contributed by atoms with van der Waals surface area (Å²) in [5.41, 5.74) is -0.240. The Kier molecular flexibility index (Phi) is 25.5. The molecule has 4 fully saturated rings. The molecule has 1 heterocycles. The van der Waals surface area contributed by atoms with Crippen molar-refractivity contribution >= 4 is 76.1 Å². The molecule has 7 rings (SSSR count). The Balaban J connectivity index is 0.892. The van der Waals surface area contributed by atoms with Gasteiger partial charge in [-0.25, -0.2) is 14.4 Å². The van der Waals surface area contributed by atoms with Crippen molar-refractivity contribution in [2.24, 2.45) is 23.7 Å². The molecule has 0 radical (unpaired) electrons. The van der Waals surface area contributed by atoms with Crippen LogP contribution in [0, 0.1) is 30.2 Å². The third-order valence-electron chi connectivity index (χ3n) is 15.8. The number of esters is 7. The fourth-order valence-corrected chi connectivity index (χ4v) is 13.7. The topological polar surface area (TPSA) is 207 Å². The minimum Gasteiger partial charge on any atom is -0.471 e. The predicted molar refractivity (Wildman–Crippen MR) is 304 cm³/mol. The molecular formula is C62H79NO16S2. The molecule has 17 nitrogen and oxygen atoms in total. The second-order valence-electron chi connectivity index (χ2n) is 21.5. The van der Waals surface area contributed by atoms with E-state index in [1.54, 1.807) is 31.2 Å². The average Bonchev–Trinajstić information content (AvgIpc) is 4.05. The molecule has 81 heavy (non-hydrogen) atoms. The van der Waals surface area contributed by atoms with Crippen LogP contribution in [-0.4, -0.2) is 99.2 Å². The number of nitrogens with zero attached hydrogens (tertiary/aromatic N) is 1. The van der Waals surface area contributed by atoms with Crippen molar-refractivity contribution in [1.82, 2.24) is 0 Å². The summed E-state index contributed by atoms with van der Waals surface area (Å²) in [4.78, 5) is 95.1. The third-order valence-corrected chi connectivity index (χ3v) is 18.4. The molecule has 2 aromatic rings. The lowest BCUT2D eigenvalue weighted by Crippen LogP contribution is -2.33. The van der Waals surface area contributed by atoms with E-state index in [1.807, 2.05) is 0 Å². The smallest absolute Gasteiger partial charge is 0.338 e. The van der Waals surface area contributed by atoms with Gasteiger partial charge in [-0.05, 0) is 148 Å². The van der Waals surface area contributed by atoms with Gasteiger partial charge in [0.25, 0.3) is 5.70 Å². The zero-order valence-electron chi connectivity index (χ0n) is 46.8. The van der Waals surface area contributed by atoms with Crippen LogP contribution < -0.4 is 9.47 Å². The van der Waals surface area contributed by atoms with Crippen molar-refractivity contribution < 1.29 is 76.2 Å². The normalized spacial score (nSPS) is 23.4. The molecule has 0 saturated heterocycles. The Bertz CT molecular complexity index is 2440. The summed E-state index contributed by atoms with van der Waals surface area (Å²) in [5.74, 6) is -4.22. The number of hydrogen-bond donors (Lipinski definition) is 0. The quantitative estimate of drug-likeness (QED) is 0.0194. The van der Waals surface area contributed by atoms with Crippen LogP contribution in [-0.2, 0) is 66.7 Å². The first-order valence-electron chi connectivity index (χ1n) is 29.3. The van der Waals surface area contributed by atoms with Crippen molar-refractivity contribution in [1.29, 1.82) is 0 Å². The van der Waals surface area contributed by atoms with E-state index in [1.165, 1.54) is 12.2 Å². The van der Waals surface area contributed by atoms with E-state index in [-0.39, 0.29) is 72.0 Å². The number of thioether (sulfide) groups is 2. The van der Waals surface area contributed by atoms with Crippen LogP contribution in [0.15, 0.2) is 69.3 Å². The Morgan fingerprint density at radius 1 is 0.506 bits per heavy atom. The summed E-state index contributed by atoms with van der Waals surface area (Å²) in [6, 6.07) is 7.14. The highest BCUT2D eigenvalue weighted by Gasteiger charge is 2.40. The average molecular weight is 1160 g/mol. The molecule has 0 spiro atoms. The van der Waals surface area contributed by atoms with Crippen LogP contribution in [0.25, 0.3) is 15.6 Å². The van der Waals surface area contributed by atoms with E-state index < -0.39 is 41.7 Å². The molecule has 440 valence electrons. The van der Waals surface area contributed by atoms with E-state index in [4.69, 9.17) is 49.2 Å². The van der Waals surface area contributed by atoms with Crippen molar-refractivity contribution in [2.75, 3.05) is 33.0 Å². The summed E-state index contributed by atoms with van der Waals surface area (Å²) in [6.07, 6.45) is 19.4. The van der Waals surface area contributed by atoms with Crippen LogP contribution in [0.5, 0.6) is 11.5 Å². The molecule has 0 atom stereocenters. The predicted octanol–water partition coefficient (Wildman–Crippen LogP) is 12.4. The number of carbonyl (C=O) groups excluding carboxylic acids is 7. The first-order chi connectivity index (χ1) is 39.4. The van der Waals surface area contributed by atoms with Gasteiger partial charge in [0.05, 0.1) is 76.3 Å². The first-order valence-corrected chi connectivity index (χ1v) is 30.9. The summed E-state index contributed by atoms with van der Waals surface area (Å²) in [7, 11) is 0. The Morgan fingerprint density at radius 3 is 1.22 bits per heavy atom.